The first kappa shape index (κ1) is 15.9. The van der Waals surface area contributed by atoms with Gasteiger partial charge in [0.15, 0.2) is 0 Å². The Morgan fingerprint density at radius 2 is 1.96 bits per heavy atom. The van der Waals surface area contributed by atoms with E-state index >= 15 is 0 Å². The number of carbonyl (C=O) groups excluding carboxylic acids is 1. The molecule has 0 fully saturated rings. The fourth-order valence-corrected chi connectivity index (χ4v) is 2.38. The largest absolute Gasteiger partial charge is 0.508 e. The first-order chi connectivity index (χ1) is 11.5. The van der Waals surface area contributed by atoms with Crippen molar-refractivity contribution in [1.29, 1.82) is 0 Å². The van der Waals surface area contributed by atoms with Crippen molar-refractivity contribution < 1.29 is 23.4 Å². The lowest BCUT2D eigenvalue weighted by atomic mass is 10.1. The molecule has 1 aromatic heterocycles. The number of aromatic nitrogens is 2. The van der Waals surface area contributed by atoms with Gasteiger partial charge in [-0.3, -0.25) is 4.79 Å². The van der Waals surface area contributed by atoms with Gasteiger partial charge in [0.1, 0.15) is 17.4 Å². The van der Waals surface area contributed by atoms with Gasteiger partial charge in [-0.05, 0) is 30.3 Å². The number of aromatic hydroxyl groups is 1. The Bertz CT molecular complexity index is 907. The average molecular weight is 351 g/mol. The molecule has 3 aromatic rings. The van der Waals surface area contributed by atoms with Crippen LogP contribution in [0.5, 0.6) is 11.6 Å². The molecule has 0 atom stereocenters. The van der Waals surface area contributed by atoms with Gasteiger partial charge < -0.3 is 9.84 Å². The molecule has 5 nitrogen and oxygen atoms in total. The van der Waals surface area contributed by atoms with Crippen LogP contribution in [0.4, 0.5) is 8.78 Å². The number of phenols is 1. The lowest BCUT2D eigenvalue weighted by Crippen LogP contribution is -2.00. The molecule has 0 spiro atoms. The summed E-state index contributed by atoms with van der Waals surface area (Å²) in [6.45, 7) is 0.192. The van der Waals surface area contributed by atoms with Gasteiger partial charge in [-0.15, -0.1) is 5.10 Å². The Morgan fingerprint density at radius 1 is 1.17 bits per heavy atom. The second-order valence-electron chi connectivity index (χ2n) is 4.79. The predicted molar refractivity (Wildman–Crippen MR) is 82.3 cm³/mol. The van der Waals surface area contributed by atoms with Gasteiger partial charge in [-0.25, -0.2) is 13.5 Å². The second-order valence-corrected chi connectivity index (χ2v) is 5.20. The second kappa shape index (κ2) is 6.29. The molecular weight excluding hydrogens is 342 g/mol. The first-order valence-corrected chi connectivity index (χ1v) is 7.01. The standard InChI is InChI=1S/C16H9ClF2N2O3/c17-13-6-11(1-2-14(13)19)21-15(7-16(20-21)24-8-22)9-3-10(18)5-12(23)4-9/h1-8,23H. The summed E-state index contributed by atoms with van der Waals surface area (Å²) in [4.78, 5) is 10.5. The van der Waals surface area contributed by atoms with Crippen LogP contribution < -0.4 is 4.74 Å². The van der Waals surface area contributed by atoms with Crippen molar-refractivity contribution in [1.82, 2.24) is 9.78 Å². The molecular formula is C16H9ClF2N2O3. The minimum absolute atomic E-state index is 0.0517. The number of carbonyl (C=O) groups is 1. The normalized spacial score (nSPS) is 10.6. The highest BCUT2D eigenvalue weighted by Gasteiger charge is 2.15. The summed E-state index contributed by atoms with van der Waals surface area (Å²) in [5.41, 5.74) is 0.950. The summed E-state index contributed by atoms with van der Waals surface area (Å²) in [5.74, 6) is -1.61. The molecule has 1 heterocycles. The van der Waals surface area contributed by atoms with E-state index < -0.39 is 11.6 Å². The fraction of sp³-hybridized carbons (Fsp3) is 0. The number of hydrogen-bond donors (Lipinski definition) is 1. The predicted octanol–water partition coefficient (Wildman–Crippen LogP) is 3.71. The molecule has 0 aliphatic rings. The van der Waals surface area contributed by atoms with Crippen LogP contribution in [0.3, 0.4) is 0 Å². The molecule has 0 unspecified atom stereocenters. The van der Waals surface area contributed by atoms with E-state index in [1.165, 1.54) is 35.0 Å². The Labute approximate surface area is 139 Å². The lowest BCUT2D eigenvalue weighted by molar-refractivity contribution is -0.120. The van der Waals surface area contributed by atoms with E-state index in [4.69, 9.17) is 16.3 Å². The van der Waals surface area contributed by atoms with Crippen molar-refractivity contribution in [3.05, 3.63) is 59.1 Å². The Hall–Kier alpha value is -2.93. The molecule has 8 heteroatoms. The summed E-state index contributed by atoms with van der Waals surface area (Å²) < 4.78 is 32.9. The molecule has 2 aromatic carbocycles. The van der Waals surface area contributed by atoms with Crippen LogP contribution in [0.25, 0.3) is 16.9 Å². The molecule has 122 valence electrons. The molecule has 0 saturated carbocycles. The third kappa shape index (κ3) is 3.07. The van der Waals surface area contributed by atoms with E-state index in [2.05, 4.69) is 5.10 Å². The zero-order valence-corrected chi connectivity index (χ0v) is 12.7. The first-order valence-electron chi connectivity index (χ1n) is 6.63. The smallest absolute Gasteiger partial charge is 0.299 e. The van der Waals surface area contributed by atoms with Gasteiger partial charge in [0.2, 0.25) is 5.88 Å². The molecule has 0 amide bonds. The van der Waals surface area contributed by atoms with Crippen molar-refractivity contribution in [2.45, 2.75) is 0 Å². The van der Waals surface area contributed by atoms with Crippen LogP contribution in [-0.4, -0.2) is 21.4 Å². The molecule has 1 N–H and O–H groups in total. The van der Waals surface area contributed by atoms with Gasteiger partial charge in [0, 0.05) is 17.7 Å². The minimum Gasteiger partial charge on any atom is -0.508 e. The Morgan fingerprint density at radius 3 is 2.62 bits per heavy atom. The van der Waals surface area contributed by atoms with E-state index in [0.717, 1.165) is 12.1 Å². The van der Waals surface area contributed by atoms with Crippen LogP contribution in [0, 0.1) is 11.6 Å². The molecule has 0 bridgehead atoms. The SMILES string of the molecule is O=COc1cc(-c2cc(O)cc(F)c2)n(-c2ccc(F)c(Cl)c2)n1. The van der Waals surface area contributed by atoms with Crippen molar-refractivity contribution in [3.63, 3.8) is 0 Å². The summed E-state index contributed by atoms with van der Waals surface area (Å²) >= 11 is 5.78. The Kier molecular flexibility index (Phi) is 4.18. The van der Waals surface area contributed by atoms with E-state index in [9.17, 15) is 18.7 Å². The maximum atomic E-state index is 13.6. The van der Waals surface area contributed by atoms with Crippen LogP contribution in [0.15, 0.2) is 42.5 Å². The van der Waals surface area contributed by atoms with Crippen LogP contribution in [-0.2, 0) is 4.79 Å². The average Bonchev–Trinajstić information content (AvgIpc) is 2.93. The third-order valence-electron chi connectivity index (χ3n) is 3.18. The van der Waals surface area contributed by atoms with E-state index in [-0.39, 0.29) is 28.7 Å². The van der Waals surface area contributed by atoms with E-state index in [1.807, 2.05) is 0 Å². The number of nitrogens with zero attached hydrogens (tertiary/aromatic N) is 2. The molecule has 24 heavy (non-hydrogen) atoms. The van der Waals surface area contributed by atoms with Crippen molar-refractivity contribution in [3.8, 4) is 28.6 Å². The molecule has 0 radical (unpaired) electrons. The molecule has 0 aliphatic carbocycles. The fourth-order valence-electron chi connectivity index (χ4n) is 2.21. The minimum atomic E-state index is -0.659. The van der Waals surface area contributed by atoms with E-state index in [0.29, 0.717) is 11.4 Å². The number of rotatable bonds is 4. The van der Waals surface area contributed by atoms with Crippen molar-refractivity contribution in [2.24, 2.45) is 0 Å². The summed E-state index contributed by atoms with van der Waals surface area (Å²) in [6, 6.07) is 8.67. The van der Waals surface area contributed by atoms with Crippen LogP contribution in [0.1, 0.15) is 0 Å². The zero-order chi connectivity index (χ0) is 17.3. The summed E-state index contributed by atoms with van der Waals surface area (Å²) in [6.07, 6.45) is 0. The third-order valence-corrected chi connectivity index (χ3v) is 3.47. The zero-order valence-electron chi connectivity index (χ0n) is 11.9. The highest BCUT2D eigenvalue weighted by molar-refractivity contribution is 6.30. The monoisotopic (exact) mass is 350 g/mol. The summed E-state index contributed by atoms with van der Waals surface area (Å²) in [7, 11) is 0. The Balaban J connectivity index is 2.20. The number of hydrogen-bond acceptors (Lipinski definition) is 4. The van der Waals surface area contributed by atoms with Gasteiger partial charge in [0.25, 0.3) is 6.47 Å². The number of halogens is 3. The van der Waals surface area contributed by atoms with Crippen molar-refractivity contribution in [2.75, 3.05) is 0 Å². The van der Waals surface area contributed by atoms with Crippen molar-refractivity contribution >= 4 is 18.1 Å². The maximum Gasteiger partial charge on any atom is 0.299 e. The van der Waals surface area contributed by atoms with Gasteiger partial charge in [-0.2, -0.15) is 0 Å². The summed E-state index contributed by atoms with van der Waals surface area (Å²) in [5, 5.41) is 13.5. The highest BCUT2D eigenvalue weighted by Crippen LogP contribution is 2.31. The maximum absolute atomic E-state index is 13.6. The number of phenolic OH excluding ortho intramolecular Hbond substituents is 1. The van der Waals surface area contributed by atoms with Gasteiger partial charge in [0.05, 0.1) is 16.4 Å². The lowest BCUT2D eigenvalue weighted by Gasteiger charge is -2.08. The van der Waals surface area contributed by atoms with Gasteiger partial charge >= 0.3 is 0 Å². The molecule has 0 aliphatic heterocycles. The number of ether oxygens (including phenoxy) is 1. The highest BCUT2D eigenvalue weighted by atomic mass is 35.5. The molecule has 3 rings (SSSR count). The quantitative estimate of drug-likeness (QED) is 0.728. The molecule has 0 saturated heterocycles. The van der Waals surface area contributed by atoms with Crippen LogP contribution >= 0.6 is 11.6 Å². The van der Waals surface area contributed by atoms with E-state index in [1.54, 1.807) is 0 Å². The topological polar surface area (TPSA) is 64.3 Å². The van der Waals surface area contributed by atoms with Crippen LogP contribution in [0.2, 0.25) is 5.02 Å². The number of benzene rings is 2. The van der Waals surface area contributed by atoms with Gasteiger partial charge in [-0.1, -0.05) is 11.6 Å².